The van der Waals surface area contributed by atoms with Gasteiger partial charge in [-0.05, 0) is 55.8 Å². The van der Waals surface area contributed by atoms with Crippen molar-refractivity contribution in [2.75, 3.05) is 5.32 Å². The van der Waals surface area contributed by atoms with E-state index in [9.17, 15) is 4.79 Å². The number of benzene rings is 1. The second-order valence-corrected chi connectivity index (χ2v) is 6.39. The van der Waals surface area contributed by atoms with Crippen molar-refractivity contribution in [1.82, 2.24) is 4.72 Å². The van der Waals surface area contributed by atoms with Gasteiger partial charge in [0.1, 0.15) is 0 Å². The van der Waals surface area contributed by atoms with Crippen LogP contribution in [0.5, 0.6) is 0 Å². The average Bonchev–Trinajstić information content (AvgIpc) is 2.47. The summed E-state index contributed by atoms with van der Waals surface area (Å²) < 4.78 is 3.51. The van der Waals surface area contributed by atoms with E-state index in [1.54, 1.807) is 18.9 Å². The van der Waals surface area contributed by atoms with Gasteiger partial charge in [0.15, 0.2) is 5.78 Å². The highest BCUT2D eigenvalue weighted by molar-refractivity contribution is 7.97. The molecule has 0 radical (unpaired) electrons. The first-order chi connectivity index (χ1) is 9.24. The molecule has 1 atom stereocenters. The minimum Gasteiger partial charge on any atom is -0.368 e. The van der Waals surface area contributed by atoms with Crippen molar-refractivity contribution in [3.05, 3.63) is 23.8 Å². The molecule has 1 heterocycles. The molecule has 19 heavy (non-hydrogen) atoms. The van der Waals surface area contributed by atoms with Crippen LogP contribution in [0.4, 0.5) is 5.69 Å². The van der Waals surface area contributed by atoms with E-state index in [0.717, 1.165) is 22.1 Å². The molecule has 1 aromatic carbocycles. The van der Waals surface area contributed by atoms with E-state index in [1.807, 2.05) is 18.2 Å². The van der Waals surface area contributed by atoms with Crippen LogP contribution in [0.2, 0.25) is 0 Å². The molecule has 3 rings (SSSR count). The first kappa shape index (κ1) is 13.0. The molecule has 1 saturated carbocycles. The normalized spacial score (nSPS) is 23.5. The van der Waals surface area contributed by atoms with Gasteiger partial charge in [-0.1, -0.05) is 19.3 Å². The predicted octanol–water partition coefficient (Wildman–Crippen LogP) is 3.82. The third-order valence-corrected chi connectivity index (χ3v) is 5.05. The summed E-state index contributed by atoms with van der Waals surface area (Å²) in [5.74, 6) is 0.847. The Morgan fingerprint density at radius 1 is 1.26 bits per heavy atom. The topological polar surface area (TPSA) is 41.1 Å². The van der Waals surface area contributed by atoms with Crippen LogP contribution in [-0.4, -0.2) is 11.9 Å². The summed E-state index contributed by atoms with van der Waals surface area (Å²) >= 11 is 1.66. The van der Waals surface area contributed by atoms with Crippen molar-refractivity contribution in [2.45, 2.75) is 50.1 Å². The molecule has 1 fully saturated rings. The Bertz CT molecular complexity index is 483. The van der Waals surface area contributed by atoms with E-state index in [4.69, 9.17) is 0 Å². The molecular weight excluding hydrogens is 256 g/mol. The predicted molar refractivity (Wildman–Crippen MR) is 79.4 cm³/mol. The van der Waals surface area contributed by atoms with Crippen molar-refractivity contribution in [2.24, 2.45) is 5.92 Å². The lowest BCUT2D eigenvalue weighted by Crippen LogP contribution is -2.42. The smallest absolute Gasteiger partial charge is 0.159 e. The van der Waals surface area contributed by atoms with Gasteiger partial charge >= 0.3 is 0 Å². The first-order valence-corrected chi connectivity index (χ1v) is 7.89. The molecule has 102 valence electrons. The minimum absolute atomic E-state index is 0.123. The third-order valence-electron chi connectivity index (χ3n) is 4.12. The van der Waals surface area contributed by atoms with Crippen LogP contribution in [-0.2, 0) is 0 Å². The largest absolute Gasteiger partial charge is 0.368 e. The summed E-state index contributed by atoms with van der Waals surface area (Å²) in [6.07, 6.45) is 7.07. The van der Waals surface area contributed by atoms with Gasteiger partial charge in [-0.2, -0.15) is 0 Å². The fraction of sp³-hybridized carbons (Fsp3) is 0.533. The minimum atomic E-state index is 0.123. The maximum Gasteiger partial charge on any atom is 0.159 e. The van der Waals surface area contributed by atoms with Crippen LogP contribution in [0, 0.1) is 5.92 Å². The summed E-state index contributed by atoms with van der Waals surface area (Å²) in [5.41, 5.74) is 1.94. The summed E-state index contributed by atoms with van der Waals surface area (Å²) in [7, 11) is 0. The summed E-state index contributed by atoms with van der Waals surface area (Å²) in [6.45, 7) is 1.61. The van der Waals surface area contributed by atoms with Crippen molar-refractivity contribution in [3.8, 4) is 0 Å². The number of Topliss-reactive ketones (excluding diaryl/α,β-unsaturated/α-hetero) is 1. The monoisotopic (exact) mass is 276 g/mol. The summed E-state index contributed by atoms with van der Waals surface area (Å²) in [4.78, 5) is 12.5. The van der Waals surface area contributed by atoms with Gasteiger partial charge < -0.3 is 5.32 Å². The fourth-order valence-electron chi connectivity index (χ4n) is 2.95. The van der Waals surface area contributed by atoms with E-state index < -0.39 is 0 Å². The Labute approximate surface area is 118 Å². The van der Waals surface area contributed by atoms with Crippen molar-refractivity contribution in [1.29, 1.82) is 0 Å². The Kier molecular flexibility index (Phi) is 3.80. The molecule has 1 aliphatic carbocycles. The highest BCUT2D eigenvalue weighted by Crippen LogP contribution is 2.36. The molecule has 2 aliphatic rings. The highest BCUT2D eigenvalue weighted by atomic mass is 32.2. The molecule has 0 amide bonds. The van der Waals surface area contributed by atoms with E-state index >= 15 is 0 Å². The van der Waals surface area contributed by atoms with E-state index in [1.165, 1.54) is 32.1 Å². The Hall–Kier alpha value is -1.00. The lowest BCUT2D eigenvalue weighted by molar-refractivity contribution is 0.101. The van der Waals surface area contributed by atoms with Crippen LogP contribution in [0.3, 0.4) is 0 Å². The van der Waals surface area contributed by atoms with Gasteiger partial charge in [0.2, 0.25) is 0 Å². The molecule has 0 spiro atoms. The quantitative estimate of drug-likeness (QED) is 0.636. The van der Waals surface area contributed by atoms with E-state index in [0.29, 0.717) is 6.17 Å². The van der Waals surface area contributed by atoms with Gasteiger partial charge in [0.25, 0.3) is 0 Å². The fourth-order valence-corrected chi connectivity index (χ4v) is 3.88. The summed E-state index contributed by atoms with van der Waals surface area (Å²) in [5, 5.41) is 3.59. The van der Waals surface area contributed by atoms with Crippen molar-refractivity contribution in [3.63, 3.8) is 0 Å². The lowest BCUT2D eigenvalue weighted by atomic mass is 9.87. The third kappa shape index (κ3) is 2.79. The van der Waals surface area contributed by atoms with Gasteiger partial charge in [0, 0.05) is 10.5 Å². The lowest BCUT2D eigenvalue weighted by Gasteiger charge is -2.35. The van der Waals surface area contributed by atoms with Crippen LogP contribution < -0.4 is 10.0 Å². The molecule has 4 heteroatoms. The molecule has 1 unspecified atom stereocenters. The molecule has 2 N–H and O–H groups in total. The number of carbonyl (C=O) groups excluding carboxylic acids is 1. The second-order valence-electron chi connectivity index (χ2n) is 5.51. The number of fused-ring (bicyclic) bond motifs is 1. The van der Waals surface area contributed by atoms with Gasteiger partial charge in [0.05, 0.1) is 11.9 Å². The van der Waals surface area contributed by atoms with Crippen molar-refractivity contribution < 1.29 is 4.79 Å². The van der Waals surface area contributed by atoms with Crippen molar-refractivity contribution >= 4 is 23.4 Å². The van der Waals surface area contributed by atoms with Crippen LogP contribution >= 0.6 is 11.9 Å². The maximum atomic E-state index is 11.4. The van der Waals surface area contributed by atoms with Gasteiger partial charge in [-0.3, -0.25) is 4.79 Å². The zero-order valence-corrected chi connectivity index (χ0v) is 12.1. The number of ketones is 1. The van der Waals surface area contributed by atoms with Crippen LogP contribution in [0.1, 0.15) is 49.4 Å². The highest BCUT2D eigenvalue weighted by Gasteiger charge is 2.27. The Morgan fingerprint density at radius 2 is 2.05 bits per heavy atom. The molecule has 1 aromatic rings. The standard InChI is InChI=1S/C15H20N2OS/c1-10(18)12-7-8-13-14(9-12)19-17-15(16-13)11-5-3-2-4-6-11/h7-9,11,15-17H,2-6H2,1H3. The van der Waals surface area contributed by atoms with E-state index in [-0.39, 0.29) is 5.78 Å². The number of nitrogens with one attached hydrogen (secondary N) is 2. The molecule has 0 bridgehead atoms. The Balaban J connectivity index is 1.75. The molecule has 3 nitrogen and oxygen atoms in total. The molecule has 0 aromatic heterocycles. The number of hydrogen-bond acceptors (Lipinski definition) is 4. The summed E-state index contributed by atoms with van der Waals surface area (Å²) in [6, 6.07) is 5.92. The van der Waals surface area contributed by atoms with Crippen LogP contribution in [0.15, 0.2) is 23.1 Å². The van der Waals surface area contributed by atoms with Gasteiger partial charge in [-0.15, -0.1) is 0 Å². The average molecular weight is 276 g/mol. The number of hydrogen-bond donors (Lipinski definition) is 2. The zero-order chi connectivity index (χ0) is 13.2. The zero-order valence-electron chi connectivity index (χ0n) is 11.2. The van der Waals surface area contributed by atoms with Crippen LogP contribution in [0.25, 0.3) is 0 Å². The molecule has 0 saturated heterocycles. The number of anilines is 1. The van der Waals surface area contributed by atoms with Gasteiger partial charge in [-0.25, -0.2) is 4.72 Å². The molecular formula is C15H20N2OS. The molecule has 1 aliphatic heterocycles. The Morgan fingerprint density at radius 3 is 2.79 bits per heavy atom. The number of rotatable bonds is 2. The second kappa shape index (κ2) is 5.55. The maximum absolute atomic E-state index is 11.4. The first-order valence-electron chi connectivity index (χ1n) is 7.08. The SMILES string of the molecule is CC(=O)c1ccc2c(c1)SNC(C1CCCCC1)N2. The number of carbonyl (C=O) groups is 1. The van der Waals surface area contributed by atoms with E-state index in [2.05, 4.69) is 10.0 Å².